The highest BCUT2D eigenvalue weighted by Crippen LogP contribution is 2.30. The Hall–Kier alpha value is -1.10. The Labute approximate surface area is 213 Å². The lowest BCUT2D eigenvalue weighted by molar-refractivity contribution is -0.135. The number of likely N-dealkylation sites (tertiary alicyclic amines) is 1. The Kier molecular flexibility index (Phi) is 9.45. The van der Waals surface area contributed by atoms with Gasteiger partial charge in [-0.1, -0.05) is 23.7 Å². The summed E-state index contributed by atoms with van der Waals surface area (Å²) >= 11 is 5.97. The van der Waals surface area contributed by atoms with Crippen LogP contribution in [-0.2, 0) is 16.1 Å². The third kappa shape index (κ3) is 6.07. The average molecular weight is 576 g/mol. The summed E-state index contributed by atoms with van der Waals surface area (Å²) in [5.74, 6) is 0.953. The number of halogens is 2. The first kappa shape index (κ1) is 25.5. The lowest BCUT2D eigenvalue weighted by atomic mass is 9.88. The number of amides is 1. The summed E-state index contributed by atoms with van der Waals surface area (Å²) in [5.41, 5.74) is 1.23. The Morgan fingerprint density at radius 2 is 1.81 bits per heavy atom. The fraction of sp³-hybridized carbons (Fsp3) is 0.652. The zero-order valence-corrected chi connectivity index (χ0v) is 22.0. The zero-order chi connectivity index (χ0) is 21.7. The molecule has 0 spiro atoms. The molecule has 0 aliphatic carbocycles. The molecule has 0 atom stereocenters. The van der Waals surface area contributed by atoms with Crippen molar-refractivity contribution in [1.29, 1.82) is 0 Å². The first-order valence-electron chi connectivity index (χ1n) is 11.4. The van der Waals surface area contributed by atoms with Crippen LogP contribution in [0.1, 0.15) is 31.2 Å². The number of hydrogen-bond acceptors (Lipinski definition) is 4. The molecule has 1 N–H and O–H groups in total. The Morgan fingerprint density at radius 1 is 1.12 bits per heavy atom. The van der Waals surface area contributed by atoms with Gasteiger partial charge in [0.2, 0.25) is 5.91 Å². The summed E-state index contributed by atoms with van der Waals surface area (Å²) in [4.78, 5) is 24.0. The van der Waals surface area contributed by atoms with Gasteiger partial charge in [0.25, 0.3) is 0 Å². The highest BCUT2D eigenvalue weighted by molar-refractivity contribution is 14.0. The van der Waals surface area contributed by atoms with E-state index >= 15 is 0 Å². The summed E-state index contributed by atoms with van der Waals surface area (Å²) in [7, 11) is 1.80. The van der Waals surface area contributed by atoms with Crippen LogP contribution in [0.15, 0.2) is 29.3 Å². The average Bonchev–Trinajstić information content (AvgIpc) is 3.34. The van der Waals surface area contributed by atoms with Crippen LogP contribution in [-0.4, -0.2) is 91.6 Å². The minimum Gasteiger partial charge on any atom is -0.381 e. The topological polar surface area (TPSA) is 60.4 Å². The van der Waals surface area contributed by atoms with Crippen LogP contribution in [0, 0.1) is 0 Å². The molecule has 3 fully saturated rings. The van der Waals surface area contributed by atoms with E-state index in [1.54, 1.807) is 7.05 Å². The second-order valence-corrected chi connectivity index (χ2v) is 9.23. The van der Waals surface area contributed by atoms with Gasteiger partial charge in [-0.15, -0.1) is 24.0 Å². The maximum Gasteiger partial charge on any atom is 0.242 e. The molecule has 0 aromatic heterocycles. The summed E-state index contributed by atoms with van der Waals surface area (Å²) in [5, 5.41) is 4.33. The van der Waals surface area contributed by atoms with Gasteiger partial charge in [0.1, 0.15) is 0 Å². The molecule has 4 rings (SSSR count). The molecule has 3 aliphatic rings. The van der Waals surface area contributed by atoms with Crippen molar-refractivity contribution >= 4 is 47.4 Å². The molecule has 0 bridgehead atoms. The number of guanidine groups is 1. The summed E-state index contributed by atoms with van der Waals surface area (Å²) in [6.45, 7) is 7.26. The molecule has 32 heavy (non-hydrogen) atoms. The number of benzene rings is 1. The Morgan fingerprint density at radius 3 is 2.44 bits per heavy atom. The molecule has 178 valence electrons. The van der Waals surface area contributed by atoms with Gasteiger partial charge in [0, 0.05) is 57.0 Å². The van der Waals surface area contributed by atoms with Crippen molar-refractivity contribution in [1.82, 2.24) is 20.0 Å². The van der Waals surface area contributed by atoms with E-state index in [2.05, 4.69) is 20.1 Å². The van der Waals surface area contributed by atoms with Crippen LogP contribution >= 0.6 is 35.6 Å². The van der Waals surface area contributed by atoms with Crippen LogP contribution in [0.2, 0.25) is 5.02 Å². The molecule has 3 saturated heterocycles. The van der Waals surface area contributed by atoms with Crippen molar-refractivity contribution < 1.29 is 9.53 Å². The van der Waals surface area contributed by atoms with Gasteiger partial charge in [0.15, 0.2) is 5.96 Å². The number of aliphatic imine (C=N–C) groups is 1. The number of ether oxygens (including phenoxy) is 1. The molecular formula is C23H35ClIN5O2. The van der Waals surface area contributed by atoms with Crippen molar-refractivity contribution in [2.45, 2.75) is 37.8 Å². The molecule has 0 radical (unpaired) electrons. The highest BCUT2D eigenvalue weighted by atomic mass is 127. The third-order valence-electron chi connectivity index (χ3n) is 6.89. The molecule has 1 aromatic carbocycles. The minimum atomic E-state index is 0. The second-order valence-electron chi connectivity index (χ2n) is 8.79. The van der Waals surface area contributed by atoms with E-state index in [1.807, 2.05) is 29.2 Å². The van der Waals surface area contributed by atoms with Gasteiger partial charge < -0.3 is 19.9 Å². The van der Waals surface area contributed by atoms with Crippen LogP contribution < -0.4 is 5.32 Å². The molecule has 7 nitrogen and oxygen atoms in total. The number of carbonyl (C=O) groups is 1. The molecule has 9 heteroatoms. The van der Waals surface area contributed by atoms with Crippen molar-refractivity contribution in [2.24, 2.45) is 4.99 Å². The Bertz CT molecular complexity index is 779. The van der Waals surface area contributed by atoms with E-state index in [0.717, 1.165) is 50.7 Å². The van der Waals surface area contributed by atoms with Gasteiger partial charge in [0.05, 0.1) is 6.54 Å². The third-order valence-corrected chi connectivity index (χ3v) is 7.14. The van der Waals surface area contributed by atoms with Crippen LogP contribution in [0.5, 0.6) is 0 Å². The minimum absolute atomic E-state index is 0. The van der Waals surface area contributed by atoms with Gasteiger partial charge in [-0.2, -0.15) is 0 Å². The maximum atomic E-state index is 12.8. The van der Waals surface area contributed by atoms with Crippen molar-refractivity contribution in [2.75, 3.05) is 59.5 Å². The first-order valence-corrected chi connectivity index (χ1v) is 11.8. The summed E-state index contributed by atoms with van der Waals surface area (Å²) < 4.78 is 5.66. The second kappa shape index (κ2) is 11.9. The van der Waals surface area contributed by atoms with E-state index in [1.165, 1.54) is 25.9 Å². The molecule has 0 unspecified atom stereocenters. The van der Waals surface area contributed by atoms with Gasteiger partial charge in [-0.25, -0.2) is 0 Å². The van der Waals surface area contributed by atoms with E-state index in [4.69, 9.17) is 16.3 Å². The number of nitrogens with one attached hydrogen (secondary N) is 1. The van der Waals surface area contributed by atoms with E-state index in [0.29, 0.717) is 24.7 Å². The predicted molar refractivity (Wildman–Crippen MR) is 139 cm³/mol. The van der Waals surface area contributed by atoms with Gasteiger partial charge >= 0.3 is 0 Å². The molecular weight excluding hydrogens is 541 g/mol. The normalized spacial score (nSPS) is 22.1. The highest BCUT2D eigenvalue weighted by Gasteiger charge is 2.40. The standard InChI is InChI=1S/C23H34ClN5O2.HI/c1-25-22(26-18-23(8-14-31-15-9-23)29-10-2-3-11-29)28-13-12-27(21(30)17-28)16-19-4-6-20(24)7-5-19;/h4-7H,2-3,8-18H2,1H3,(H,25,26);1H. The molecule has 0 saturated carbocycles. The lowest BCUT2D eigenvalue weighted by Gasteiger charge is -2.45. The predicted octanol–water partition coefficient (Wildman–Crippen LogP) is 2.82. The quantitative estimate of drug-likeness (QED) is 0.333. The smallest absolute Gasteiger partial charge is 0.242 e. The number of carbonyl (C=O) groups excluding carboxylic acids is 1. The zero-order valence-electron chi connectivity index (χ0n) is 18.9. The molecule has 1 amide bonds. The molecule has 3 aliphatic heterocycles. The SMILES string of the molecule is CN=C(NCC1(N2CCCC2)CCOCC1)N1CCN(Cc2ccc(Cl)cc2)C(=O)C1.I. The fourth-order valence-electron chi connectivity index (χ4n) is 4.99. The largest absolute Gasteiger partial charge is 0.381 e. The maximum absolute atomic E-state index is 12.8. The van der Waals surface area contributed by atoms with E-state index in [9.17, 15) is 4.79 Å². The first-order chi connectivity index (χ1) is 15.1. The Balaban J connectivity index is 0.00000289. The van der Waals surface area contributed by atoms with Crippen molar-refractivity contribution in [3.8, 4) is 0 Å². The van der Waals surface area contributed by atoms with E-state index < -0.39 is 0 Å². The van der Waals surface area contributed by atoms with Crippen molar-refractivity contribution in [3.63, 3.8) is 0 Å². The van der Waals surface area contributed by atoms with E-state index in [-0.39, 0.29) is 35.4 Å². The number of hydrogen-bond donors (Lipinski definition) is 1. The lowest BCUT2D eigenvalue weighted by Crippen LogP contribution is -2.60. The van der Waals surface area contributed by atoms with Gasteiger partial charge in [-0.3, -0.25) is 14.7 Å². The summed E-state index contributed by atoms with van der Waals surface area (Å²) in [6.07, 6.45) is 4.65. The summed E-state index contributed by atoms with van der Waals surface area (Å²) in [6, 6.07) is 7.70. The monoisotopic (exact) mass is 575 g/mol. The van der Waals surface area contributed by atoms with Crippen LogP contribution in [0.25, 0.3) is 0 Å². The fourth-order valence-corrected chi connectivity index (χ4v) is 5.12. The number of nitrogens with zero attached hydrogens (tertiary/aromatic N) is 4. The van der Waals surface area contributed by atoms with Gasteiger partial charge in [-0.05, 0) is 56.5 Å². The number of piperazine rings is 1. The van der Waals surface area contributed by atoms with Crippen LogP contribution in [0.3, 0.4) is 0 Å². The van der Waals surface area contributed by atoms with Crippen molar-refractivity contribution in [3.05, 3.63) is 34.9 Å². The molecule has 1 aromatic rings. The number of rotatable bonds is 5. The molecule has 3 heterocycles. The van der Waals surface area contributed by atoms with Crippen LogP contribution in [0.4, 0.5) is 0 Å².